The fraction of sp³-hybridized carbons (Fsp3) is 0.333. The maximum atomic E-state index is 13.4. The summed E-state index contributed by atoms with van der Waals surface area (Å²) in [6, 6.07) is 9.78. The average Bonchev–Trinajstić information content (AvgIpc) is 3.11. The number of halogens is 4. The van der Waals surface area contributed by atoms with Gasteiger partial charge < -0.3 is 5.32 Å². The Labute approximate surface area is 194 Å². The third-order valence-electron chi connectivity index (χ3n) is 5.34. The van der Waals surface area contributed by atoms with E-state index in [0.29, 0.717) is 18.4 Å². The summed E-state index contributed by atoms with van der Waals surface area (Å²) >= 11 is 1.51. The van der Waals surface area contributed by atoms with Crippen LogP contribution >= 0.6 is 11.3 Å². The third kappa shape index (κ3) is 6.39. The second-order valence-electron chi connectivity index (χ2n) is 7.73. The van der Waals surface area contributed by atoms with Crippen molar-refractivity contribution >= 4 is 17.2 Å². The van der Waals surface area contributed by atoms with Gasteiger partial charge in [0.15, 0.2) is 0 Å². The van der Waals surface area contributed by atoms with Crippen LogP contribution in [-0.2, 0) is 17.4 Å². The number of alkyl halides is 3. The Balaban J connectivity index is 1.86. The Morgan fingerprint density at radius 3 is 2.21 bits per heavy atom. The Morgan fingerprint density at radius 2 is 1.70 bits per heavy atom. The highest BCUT2D eigenvalue weighted by molar-refractivity contribution is 7.11. The molecule has 2 atom stereocenters. The van der Waals surface area contributed by atoms with Crippen molar-refractivity contribution in [3.05, 3.63) is 86.6 Å². The fourth-order valence-corrected chi connectivity index (χ4v) is 4.68. The molecule has 33 heavy (non-hydrogen) atoms. The third-order valence-corrected chi connectivity index (χ3v) is 6.53. The van der Waals surface area contributed by atoms with Crippen molar-refractivity contribution in [1.29, 1.82) is 0 Å². The van der Waals surface area contributed by atoms with Crippen LogP contribution in [0, 0.1) is 19.7 Å². The van der Waals surface area contributed by atoms with Crippen LogP contribution in [0.4, 0.5) is 17.6 Å². The normalized spacial score (nSPS) is 13.5. The van der Waals surface area contributed by atoms with Gasteiger partial charge in [-0.25, -0.2) is 9.37 Å². The predicted octanol–water partition coefficient (Wildman–Crippen LogP) is 5.67. The van der Waals surface area contributed by atoms with Gasteiger partial charge in [-0.15, -0.1) is 11.3 Å². The average molecular weight is 480 g/mol. The Hall–Kier alpha value is -2.78. The predicted molar refractivity (Wildman–Crippen MR) is 120 cm³/mol. The number of carbonyl (C=O) groups excluding carboxylic acids is 1. The zero-order chi connectivity index (χ0) is 24.2. The molecular formula is C24H25F4N3OS. The summed E-state index contributed by atoms with van der Waals surface area (Å²) < 4.78 is 52.0. The van der Waals surface area contributed by atoms with Crippen molar-refractivity contribution in [3.63, 3.8) is 0 Å². The Kier molecular flexibility index (Phi) is 7.86. The molecule has 0 radical (unpaired) electrons. The molecule has 2 unspecified atom stereocenters. The van der Waals surface area contributed by atoms with Crippen LogP contribution in [0.2, 0.25) is 0 Å². The quantitative estimate of drug-likeness (QED) is 0.410. The first kappa shape index (κ1) is 24.9. The minimum absolute atomic E-state index is 0.278. The van der Waals surface area contributed by atoms with E-state index in [1.54, 1.807) is 12.1 Å². The van der Waals surface area contributed by atoms with Crippen LogP contribution in [0.1, 0.15) is 50.8 Å². The number of hydrogen-bond acceptors (Lipinski definition) is 4. The molecule has 0 aliphatic rings. The van der Waals surface area contributed by atoms with E-state index in [9.17, 15) is 22.4 Å². The Bertz CT molecular complexity index is 1080. The first-order valence-corrected chi connectivity index (χ1v) is 11.2. The molecule has 0 fully saturated rings. The van der Waals surface area contributed by atoms with E-state index in [-0.39, 0.29) is 11.9 Å². The summed E-state index contributed by atoms with van der Waals surface area (Å²) in [7, 11) is 1.53. The van der Waals surface area contributed by atoms with E-state index in [1.165, 1.54) is 42.6 Å². The van der Waals surface area contributed by atoms with Crippen LogP contribution < -0.4 is 10.6 Å². The second kappa shape index (κ2) is 10.4. The van der Waals surface area contributed by atoms with Gasteiger partial charge in [0.05, 0.1) is 16.3 Å². The highest BCUT2D eigenvalue weighted by atomic mass is 32.1. The molecule has 2 aromatic carbocycles. The number of aryl methyl sites for hydroxylation is 3. The van der Waals surface area contributed by atoms with Crippen molar-refractivity contribution in [1.82, 2.24) is 15.6 Å². The molecule has 0 bridgehead atoms. The first-order valence-electron chi connectivity index (χ1n) is 10.4. The van der Waals surface area contributed by atoms with Crippen LogP contribution in [0.3, 0.4) is 0 Å². The van der Waals surface area contributed by atoms with Crippen molar-refractivity contribution in [2.24, 2.45) is 0 Å². The largest absolute Gasteiger partial charge is 0.416 e. The Morgan fingerprint density at radius 1 is 1.06 bits per heavy atom. The topological polar surface area (TPSA) is 54.0 Å². The maximum absolute atomic E-state index is 13.4. The fourth-order valence-electron chi connectivity index (χ4n) is 3.66. The van der Waals surface area contributed by atoms with Crippen LogP contribution in [0.25, 0.3) is 0 Å². The number of nitrogens with zero attached hydrogens (tertiary/aromatic N) is 1. The van der Waals surface area contributed by atoms with E-state index in [2.05, 4.69) is 15.6 Å². The summed E-state index contributed by atoms with van der Waals surface area (Å²) in [6.07, 6.45) is -3.35. The number of aromatic nitrogens is 1. The minimum Gasteiger partial charge on any atom is -0.358 e. The number of likely N-dealkylation sites (N-methyl/N-ethyl adjacent to an activating group) is 1. The first-order chi connectivity index (χ1) is 15.6. The number of hydrogen-bond donors (Lipinski definition) is 2. The smallest absolute Gasteiger partial charge is 0.358 e. The number of thiazole rings is 1. The number of nitrogens with one attached hydrogen (secondary N) is 2. The van der Waals surface area contributed by atoms with Crippen molar-refractivity contribution in [2.45, 2.75) is 44.9 Å². The molecule has 0 spiro atoms. The minimum atomic E-state index is -4.38. The SMILES string of the molecule is CNC(=O)C(NC(CCc1ccc(C(F)(F)F)cc1)c1sc(C)nc1C)c1ccc(F)cc1. The molecule has 3 aromatic rings. The molecule has 0 aliphatic heterocycles. The van der Waals surface area contributed by atoms with Crippen molar-refractivity contribution in [2.75, 3.05) is 7.05 Å². The number of amides is 1. The standard InChI is InChI=1S/C24H25F4N3OS/c1-14-22(33-15(2)30-14)20(13-6-16-4-9-18(10-5-16)24(26,27)28)31-21(23(32)29-3)17-7-11-19(25)12-8-17/h4-5,7-12,20-21,31H,6,13H2,1-3H3,(H,29,32). The molecule has 2 N–H and O–H groups in total. The molecule has 0 saturated carbocycles. The number of rotatable bonds is 8. The lowest BCUT2D eigenvalue weighted by Gasteiger charge is -2.25. The van der Waals surface area contributed by atoms with Crippen LogP contribution in [-0.4, -0.2) is 17.9 Å². The van der Waals surface area contributed by atoms with Gasteiger partial charge in [-0.3, -0.25) is 10.1 Å². The van der Waals surface area contributed by atoms with Crippen LogP contribution in [0.5, 0.6) is 0 Å². The lowest BCUT2D eigenvalue weighted by Crippen LogP contribution is -2.38. The highest BCUT2D eigenvalue weighted by Gasteiger charge is 2.30. The van der Waals surface area contributed by atoms with Gasteiger partial charge in [0, 0.05) is 18.0 Å². The highest BCUT2D eigenvalue weighted by Crippen LogP contribution is 2.32. The van der Waals surface area contributed by atoms with Crippen molar-refractivity contribution < 1.29 is 22.4 Å². The molecule has 4 nitrogen and oxygen atoms in total. The van der Waals surface area contributed by atoms with Crippen LogP contribution in [0.15, 0.2) is 48.5 Å². The van der Waals surface area contributed by atoms with Gasteiger partial charge >= 0.3 is 6.18 Å². The molecule has 1 amide bonds. The lowest BCUT2D eigenvalue weighted by atomic mass is 9.99. The summed E-state index contributed by atoms with van der Waals surface area (Å²) in [5.74, 6) is -0.679. The van der Waals surface area contributed by atoms with E-state index in [0.717, 1.165) is 33.3 Å². The summed E-state index contributed by atoms with van der Waals surface area (Å²) in [4.78, 5) is 18.1. The zero-order valence-electron chi connectivity index (χ0n) is 18.5. The summed E-state index contributed by atoms with van der Waals surface area (Å²) in [5, 5.41) is 6.88. The van der Waals surface area contributed by atoms with E-state index < -0.39 is 23.6 Å². The molecule has 1 heterocycles. The molecule has 9 heteroatoms. The monoisotopic (exact) mass is 479 g/mol. The zero-order valence-corrected chi connectivity index (χ0v) is 19.3. The van der Waals surface area contributed by atoms with Gasteiger partial charge in [0.1, 0.15) is 11.9 Å². The van der Waals surface area contributed by atoms with Gasteiger partial charge in [-0.2, -0.15) is 13.2 Å². The van der Waals surface area contributed by atoms with Gasteiger partial charge in [0.25, 0.3) is 0 Å². The molecular weight excluding hydrogens is 454 g/mol. The number of carbonyl (C=O) groups is 1. The van der Waals surface area contributed by atoms with Gasteiger partial charge in [-0.05, 0) is 62.1 Å². The molecule has 0 aliphatic carbocycles. The van der Waals surface area contributed by atoms with E-state index >= 15 is 0 Å². The van der Waals surface area contributed by atoms with Gasteiger partial charge in [0.2, 0.25) is 5.91 Å². The molecule has 1 aromatic heterocycles. The molecule has 0 saturated heterocycles. The maximum Gasteiger partial charge on any atom is 0.416 e. The molecule has 3 rings (SSSR count). The van der Waals surface area contributed by atoms with E-state index in [4.69, 9.17) is 0 Å². The summed E-state index contributed by atoms with van der Waals surface area (Å²) in [6.45, 7) is 3.78. The van der Waals surface area contributed by atoms with Gasteiger partial charge in [-0.1, -0.05) is 24.3 Å². The van der Waals surface area contributed by atoms with E-state index in [1.807, 2.05) is 13.8 Å². The summed E-state index contributed by atoms with van der Waals surface area (Å²) in [5.41, 5.74) is 1.50. The van der Waals surface area contributed by atoms with Crippen molar-refractivity contribution in [3.8, 4) is 0 Å². The number of benzene rings is 2. The molecule has 176 valence electrons. The lowest BCUT2D eigenvalue weighted by molar-refractivity contribution is -0.137. The second-order valence-corrected chi connectivity index (χ2v) is 8.97.